The Bertz CT molecular complexity index is 574. The van der Waals surface area contributed by atoms with E-state index in [0.29, 0.717) is 17.1 Å². The minimum Gasteiger partial charge on any atom is -0.453 e. The molecule has 1 N–H and O–H groups in total. The molecule has 1 aromatic carbocycles. The molecule has 1 aliphatic heterocycles. The van der Waals surface area contributed by atoms with Gasteiger partial charge in [-0.2, -0.15) is 0 Å². The maximum Gasteiger partial charge on any atom is 0.260 e. The summed E-state index contributed by atoms with van der Waals surface area (Å²) in [5.41, 5.74) is 2.41. The van der Waals surface area contributed by atoms with Gasteiger partial charge in [0.1, 0.15) is 0 Å². The molecule has 4 heteroatoms. The van der Waals surface area contributed by atoms with E-state index in [2.05, 4.69) is 5.32 Å². The molecule has 2 aromatic rings. The van der Waals surface area contributed by atoms with Crippen LogP contribution in [0.25, 0.3) is 0 Å². The topological polar surface area (TPSA) is 38.3 Å². The highest BCUT2D eigenvalue weighted by atomic mass is 32.1. The molecule has 0 fully saturated rings. The van der Waals surface area contributed by atoms with E-state index in [9.17, 15) is 4.79 Å². The van der Waals surface area contributed by atoms with Crippen LogP contribution in [0.5, 0.6) is 11.5 Å². The molecule has 1 aromatic heterocycles. The van der Waals surface area contributed by atoms with E-state index >= 15 is 0 Å². The summed E-state index contributed by atoms with van der Waals surface area (Å²) >= 11 is 1.46. The van der Waals surface area contributed by atoms with Crippen molar-refractivity contribution in [2.24, 2.45) is 0 Å². The summed E-state index contributed by atoms with van der Waals surface area (Å²) in [6, 6.07) is 5.74. The molecule has 0 aliphatic carbocycles. The smallest absolute Gasteiger partial charge is 0.260 e. The van der Waals surface area contributed by atoms with Crippen molar-refractivity contribution in [3.8, 4) is 11.5 Å². The Balaban J connectivity index is 2.16. The molecule has 80 valence electrons. The molecule has 2 heterocycles. The molecular weight excluding hydrogens is 222 g/mol. The van der Waals surface area contributed by atoms with Crippen LogP contribution in [0.4, 0.5) is 5.69 Å². The maximum absolute atomic E-state index is 11.9. The van der Waals surface area contributed by atoms with Crippen LogP contribution >= 0.6 is 11.3 Å². The van der Waals surface area contributed by atoms with Crippen molar-refractivity contribution < 1.29 is 9.53 Å². The van der Waals surface area contributed by atoms with Crippen molar-refractivity contribution in [1.82, 2.24) is 0 Å². The zero-order chi connectivity index (χ0) is 11.1. The first kappa shape index (κ1) is 9.42. The Hall–Kier alpha value is -1.81. The molecule has 0 saturated heterocycles. The van der Waals surface area contributed by atoms with E-state index in [4.69, 9.17) is 4.74 Å². The van der Waals surface area contributed by atoms with E-state index in [1.807, 2.05) is 30.5 Å². The molecule has 0 unspecified atom stereocenters. The third-order valence-electron chi connectivity index (χ3n) is 2.47. The minimum absolute atomic E-state index is 0.111. The number of amides is 1. The molecule has 1 aliphatic rings. The predicted molar refractivity (Wildman–Crippen MR) is 63.5 cm³/mol. The average Bonchev–Trinajstić information content (AvgIpc) is 2.65. The van der Waals surface area contributed by atoms with E-state index in [1.165, 1.54) is 11.3 Å². The Morgan fingerprint density at radius 3 is 3.00 bits per heavy atom. The summed E-state index contributed by atoms with van der Waals surface area (Å²) < 4.78 is 5.69. The predicted octanol–water partition coefficient (Wildman–Crippen LogP) is 3.41. The number of rotatable bonds is 0. The lowest BCUT2D eigenvalue weighted by Gasteiger charge is -2.07. The van der Waals surface area contributed by atoms with Crippen LogP contribution in [0.3, 0.4) is 0 Å². The van der Waals surface area contributed by atoms with Gasteiger partial charge in [-0.3, -0.25) is 4.79 Å². The highest BCUT2D eigenvalue weighted by Gasteiger charge is 2.21. The molecule has 3 nitrogen and oxygen atoms in total. The number of anilines is 1. The zero-order valence-corrected chi connectivity index (χ0v) is 9.43. The molecule has 3 rings (SSSR count). The fraction of sp³-hybridized carbons (Fsp3) is 0.0833. The Labute approximate surface area is 96.7 Å². The van der Waals surface area contributed by atoms with Gasteiger partial charge in [0.25, 0.3) is 5.91 Å². The number of aryl methyl sites for hydroxylation is 1. The van der Waals surface area contributed by atoms with Gasteiger partial charge in [-0.15, -0.1) is 11.3 Å². The van der Waals surface area contributed by atoms with Gasteiger partial charge in [-0.25, -0.2) is 0 Å². The van der Waals surface area contributed by atoms with Crippen LogP contribution in [0.2, 0.25) is 0 Å². The minimum atomic E-state index is -0.111. The third kappa shape index (κ3) is 1.39. The summed E-state index contributed by atoms with van der Waals surface area (Å²) in [5.74, 6) is 1.21. The summed E-state index contributed by atoms with van der Waals surface area (Å²) in [5, 5.41) is 6.48. The van der Waals surface area contributed by atoms with E-state index in [0.717, 1.165) is 11.3 Å². The molecule has 0 spiro atoms. The van der Waals surface area contributed by atoms with E-state index in [1.54, 1.807) is 5.38 Å². The van der Waals surface area contributed by atoms with Crippen LogP contribution in [-0.2, 0) is 0 Å². The fourth-order valence-electron chi connectivity index (χ4n) is 1.67. The molecule has 0 bridgehead atoms. The van der Waals surface area contributed by atoms with E-state index < -0.39 is 0 Å². The van der Waals surface area contributed by atoms with Gasteiger partial charge in [0.05, 0.1) is 11.3 Å². The normalized spacial score (nSPS) is 13.2. The number of hydrogen-bond donors (Lipinski definition) is 1. The zero-order valence-electron chi connectivity index (χ0n) is 8.61. The first-order chi connectivity index (χ1) is 7.74. The molecule has 1 amide bonds. The summed E-state index contributed by atoms with van der Waals surface area (Å²) in [6.45, 7) is 1.98. The van der Waals surface area contributed by atoms with Crippen LogP contribution in [0.1, 0.15) is 15.9 Å². The number of carbonyl (C=O) groups is 1. The third-order valence-corrected chi connectivity index (χ3v) is 3.20. The molecule has 0 saturated carbocycles. The van der Waals surface area contributed by atoms with Gasteiger partial charge in [0.2, 0.25) is 0 Å². The Morgan fingerprint density at radius 1 is 1.25 bits per heavy atom. The SMILES string of the molecule is Cc1ccc2c(c1)NC(=O)c1cscc1O2. The lowest BCUT2D eigenvalue weighted by atomic mass is 10.2. The lowest BCUT2D eigenvalue weighted by molar-refractivity contribution is 0.102. The number of thiophene rings is 1. The fourth-order valence-corrected chi connectivity index (χ4v) is 2.39. The van der Waals surface area contributed by atoms with Crippen molar-refractivity contribution in [2.75, 3.05) is 5.32 Å². The van der Waals surface area contributed by atoms with Crippen LogP contribution < -0.4 is 10.1 Å². The van der Waals surface area contributed by atoms with Crippen LogP contribution in [-0.4, -0.2) is 5.91 Å². The second-order valence-electron chi connectivity index (χ2n) is 3.71. The summed E-state index contributed by atoms with van der Waals surface area (Å²) in [4.78, 5) is 11.9. The van der Waals surface area contributed by atoms with Crippen molar-refractivity contribution in [3.63, 3.8) is 0 Å². The van der Waals surface area contributed by atoms with Crippen LogP contribution in [0, 0.1) is 6.92 Å². The van der Waals surface area contributed by atoms with Gasteiger partial charge in [-0.05, 0) is 24.6 Å². The molecule has 16 heavy (non-hydrogen) atoms. The van der Waals surface area contributed by atoms with Gasteiger partial charge in [0, 0.05) is 10.8 Å². The quantitative estimate of drug-likeness (QED) is 0.754. The number of ether oxygens (including phenoxy) is 1. The van der Waals surface area contributed by atoms with Crippen molar-refractivity contribution in [1.29, 1.82) is 0 Å². The Kier molecular flexibility index (Phi) is 1.97. The summed E-state index contributed by atoms with van der Waals surface area (Å²) in [6.07, 6.45) is 0. The van der Waals surface area contributed by atoms with Crippen molar-refractivity contribution in [2.45, 2.75) is 6.92 Å². The van der Waals surface area contributed by atoms with Crippen LogP contribution in [0.15, 0.2) is 29.0 Å². The number of carbonyl (C=O) groups excluding carboxylic acids is 1. The standard InChI is InChI=1S/C12H9NO2S/c1-7-2-3-10-9(4-7)13-12(14)8-5-16-6-11(8)15-10/h2-6H,1H3,(H,13,14). The summed E-state index contributed by atoms with van der Waals surface area (Å²) in [7, 11) is 0. The number of fused-ring (bicyclic) bond motifs is 2. The average molecular weight is 231 g/mol. The van der Waals surface area contributed by atoms with E-state index in [-0.39, 0.29) is 5.91 Å². The monoisotopic (exact) mass is 231 g/mol. The Morgan fingerprint density at radius 2 is 2.12 bits per heavy atom. The highest BCUT2D eigenvalue weighted by Crippen LogP contribution is 2.37. The van der Waals surface area contributed by atoms with Gasteiger partial charge < -0.3 is 10.1 Å². The molecular formula is C12H9NO2S. The maximum atomic E-state index is 11.9. The first-order valence-corrected chi connectivity index (χ1v) is 5.84. The highest BCUT2D eigenvalue weighted by molar-refractivity contribution is 7.08. The van der Waals surface area contributed by atoms with Crippen molar-refractivity contribution in [3.05, 3.63) is 40.1 Å². The van der Waals surface area contributed by atoms with Gasteiger partial charge >= 0.3 is 0 Å². The van der Waals surface area contributed by atoms with Crippen molar-refractivity contribution >= 4 is 22.9 Å². The number of benzene rings is 1. The first-order valence-electron chi connectivity index (χ1n) is 4.90. The second-order valence-corrected chi connectivity index (χ2v) is 4.45. The van der Waals surface area contributed by atoms with Gasteiger partial charge in [0.15, 0.2) is 11.5 Å². The van der Waals surface area contributed by atoms with Gasteiger partial charge in [-0.1, -0.05) is 6.07 Å². The number of nitrogens with one attached hydrogen (secondary N) is 1. The molecule has 0 radical (unpaired) electrons. The second kappa shape index (κ2) is 3.35. The molecule has 0 atom stereocenters. The lowest BCUT2D eigenvalue weighted by Crippen LogP contribution is -2.09. The largest absolute Gasteiger partial charge is 0.453 e. The number of hydrogen-bond acceptors (Lipinski definition) is 3.